The Kier molecular flexibility index (Phi) is 6.49. The maximum Gasteiger partial charge on any atom is 0.274 e. The van der Waals surface area contributed by atoms with Gasteiger partial charge in [0.25, 0.3) is 5.91 Å². The molecule has 0 N–H and O–H groups in total. The molecule has 152 valence electrons. The molecule has 3 heterocycles. The van der Waals surface area contributed by atoms with Crippen LogP contribution in [0.15, 0.2) is 48.8 Å². The fourth-order valence-corrected chi connectivity index (χ4v) is 3.58. The fourth-order valence-electron chi connectivity index (χ4n) is 3.58. The summed E-state index contributed by atoms with van der Waals surface area (Å²) in [6.07, 6.45) is 7.62. The Morgan fingerprint density at radius 1 is 0.966 bits per heavy atom. The summed E-state index contributed by atoms with van der Waals surface area (Å²) < 4.78 is 5.36. The monoisotopic (exact) mass is 393 g/mol. The minimum Gasteiger partial charge on any atom is -0.378 e. The third-order valence-electron chi connectivity index (χ3n) is 5.33. The smallest absolute Gasteiger partial charge is 0.274 e. The summed E-state index contributed by atoms with van der Waals surface area (Å²) >= 11 is 0. The molecule has 2 aromatic rings. The summed E-state index contributed by atoms with van der Waals surface area (Å²) in [6.45, 7) is 7.07. The Balaban J connectivity index is 1.26. The summed E-state index contributed by atoms with van der Waals surface area (Å²) in [5.41, 5.74) is 1.62. The summed E-state index contributed by atoms with van der Waals surface area (Å²) in [7, 11) is 0. The van der Waals surface area contributed by atoms with Crippen molar-refractivity contribution < 1.29 is 9.53 Å². The molecule has 29 heavy (non-hydrogen) atoms. The number of aromatic nitrogens is 2. The Labute approximate surface area is 171 Å². The number of rotatable bonds is 5. The van der Waals surface area contributed by atoms with Crippen LogP contribution in [0.2, 0.25) is 0 Å². The van der Waals surface area contributed by atoms with Crippen LogP contribution in [0.5, 0.6) is 0 Å². The van der Waals surface area contributed by atoms with Crippen LogP contribution in [0.4, 0.5) is 5.82 Å². The lowest BCUT2D eigenvalue weighted by Crippen LogP contribution is -2.48. The Morgan fingerprint density at radius 2 is 1.72 bits per heavy atom. The van der Waals surface area contributed by atoms with Crippen LogP contribution < -0.4 is 4.90 Å². The first-order valence-corrected chi connectivity index (χ1v) is 10.2. The zero-order valence-electron chi connectivity index (χ0n) is 16.6. The van der Waals surface area contributed by atoms with Crippen molar-refractivity contribution in [3.05, 3.63) is 60.1 Å². The molecule has 0 spiro atoms. The van der Waals surface area contributed by atoms with Crippen LogP contribution in [0.25, 0.3) is 6.08 Å². The molecule has 1 amide bonds. The van der Waals surface area contributed by atoms with E-state index in [4.69, 9.17) is 4.74 Å². The highest BCUT2D eigenvalue weighted by Gasteiger charge is 2.23. The van der Waals surface area contributed by atoms with Gasteiger partial charge in [0, 0.05) is 45.8 Å². The quantitative estimate of drug-likeness (QED) is 0.772. The third-order valence-corrected chi connectivity index (χ3v) is 5.33. The molecule has 2 aliphatic heterocycles. The van der Waals surface area contributed by atoms with Gasteiger partial charge in [0.05, 0.1) is 25.6 Å². The Bertz CT molecular complexity index is 811. The number of ether oxygens (including phenoxy) is 1. The second-order valence-electron chi connectivity index (χ2n) is 7.27. The zero-order chi connectivity index (χ0) is 19.9. The van der Waals surface area contributed by atoms with Crippen molar-refractivity contribution in [2.45, 2.75) is 0 Å². The van der Waals surface area contributed by atoms with E-state index in [0.29, 0.717) is 32.0 Å². The Hall–Kier alpha value is -2.77. The van der Waals surface area contributed by atoms with E-state index < -0.39 is 0 Å². The second-order valence-corrected chi connectivity index (χ2v) is 7.27. The molecule has 1 aromatic heterocycles. The predicted molar refractivity (Wildman–Crippen MR) is 113 cm³/mol. The standard InChI is InChI=1S/C22H27N5O2/c28-22(20-17-24-21(18-23-20)26-13-15-29-16-14-26)27-11-9-25(10-12-27)8-4-7-19-5-2-1-3-6-19/h1-7,17-18H,8-16H2/b7-4+. The number of carbonyl (C=O) groups excluding carboxylic acids is 1. The number of nitrogens with zero attached hydrogens (tertiary/aromatic N) is 5. The molecule has 2 fully saturated rings. The highest BCUT2D eigenvalue weighted by molar-refractivity contribution is 5.92. The van der Waals surface area contributed by atoms with E-state index in [1.165, 1.54) is 5.56 Å². The SMILES string of the molecule is O=C(c1cnc(N2CCOCC2)cn1)N1CCN(C/C=C/c2ccccc2)CC1. The minimum absolute atomic E-state index is 0.0366. The number of anilines is 1. The number of hydrogen-bond donors (Lipinski definition) is 0. The van der Waals surface area contributed by atoms with E-state index in [1.54, 1.807) is 12.4 Å². The van der Waals surface area contributed by atoms with E-state index >= 15 is 0 Å². The van der Waals surface area contributed by atoms with Crippen LogP contribution in [0, 0.1) is 0 Å². The van der Waals surface area contributed by atoms with Crippen molar-refractivity contribution in [3.63, 3.8) is 0 Å². The lowest BCUT2D eigenvalue weighted by Gasteiger charge is -2.34. The van der Waals surface area contributed by atoms with Crippen molar-refractivity contribution in [3.8, 4) is 0 Å². The summed E-state index contributed by atoms with van der Waals surface area (Å²) in [5, 5.41) is 0. The topological polar surface area (TPSA) is 61.8 Å². The molecule has 7 heteroatoms. The van der Waals surface area contributed by atoms with Gasteiger partial charge in [0.15, 0.2) is 0 Å². The van der Waals surface area contributed by atoms with Gasteiger partial charge in [-0.1, -0.05) is 42.5 Å². The highest BCUT2D eigenvalue weighted by atomic mass is 16.5. The van der Waals surface area contributed by atoms with Crippen molar-refractivity contribution in [1.29, 1.82) is 0 Å². The number of carbonyl (C=O) groups is 1. The van der Waals surface area contributed by atoms with Crippen LogP contribution >= 0.6 is 0 Å². The largest absolute Gasteiger partial charge is 0.378 e. The van der Waals surface area contributed by atoms with Gasteiger partial charge < -0.3 is 14.5 Å². The van der Waals surface area contributed by atoms with Crippen molar-refractivity contribution >= 4 is 17.8 Å². The van der Waals surface area contributed by atoms with E-state index in [0.717, 1.165) is 38.5 Å². The van der Waals surface area contributed by atoms with Crippen LogP contribution in [-0.4, -0.2) is 84.7 Å². The fraction of sp³-hybridized carbons (Fsp3) is 0.409. The van der Waals surface area contributed by atoms with Crippen molar-refractivity contribution in [2.75, 3.05) is 63.9 Å². The number of amides is 1. The molecule has 2 aliphatic rings. The van der Waals surface area contributed by atoms with Crippen LogP contribution in [0.3, 0.4) is 0 Å². The average Bonchev–Trinajstić information content (AvgIpc) is 2.80. The molecular weight excluding hydrogens is 366 g/mol. The molecule has 0 bridgehead atoms. The van der Waals surface area contributed by atoms with Gasteiger partial charge in [-0.05, 0) is 5.56 Å². The molecule has 0 atom stereocenters. The number of benzene rings is 1. The minimum atomic E-state index is -0.0366. The normalized spacial score (nSPS) is 18.3. The summed E-state index contributed by atoms with van der Waals surface area (Å²) in [6, 6.07) is 10.3. The molecule has 7 nitrogen and oxygen atoms in total. The maximum atomic E-state index is 12.8. The first-order chi connectivity index (χ1) is 14.3. The lowest BCUT2D eigenvalue weighted by molar-refractivity contribution is 0.0644. The van der Waals surface area contributed by atoms with Gasteiger partial charge in [-0.3, -0.25) is 9.69 Å². The van der Waals surface area contributed by atoms with Crippen LogP contribution in [0.1, 0.15) is 16.1 Å². The molecule has 1 aromatic carbocycles. The van der Waals surface area contributed by atoms with Crippen molar-refractivity contribution in [2.24, 2.45) is 0 Å². The molecule has 0 saturated carbocycles. The van der Waals surface area contributed by atoms with E-state index in [9.17, 15) is 4.79 Å². The first-order valence-electron chi connectivity index (χ1n) is 10.2. The molecule has 2 saturated heterocycles. The Morgan fingerprint density at radius 3 is 2.41 bits per heavy atom. The van der Waals surface area contributed by atoms with E-state index in [-0.39, 0.29) is 5.91 Å². The van der Waals surface area contributed by atoms with Crippen molar-refractivity contribution in [1.82, 2.24) is 19.8 Å². The zero-order valence-corrected chi connectivity index (χ0v) is 16.6. The van der Waals surface area contributed by atoms with Gasteiger partial charge in [-0.15, -0.1) is 0 Å². The van der Waals surface area contributed by atoms with Gasteiger partial charge in [-0.25, -0.2) is 9.97 Å². The maximum absolute atomic E-state index is 12.8. The molecule has 0 aliphatic carbocycles. The number of morpholine rings is 1. The molecule has 0 radical (unpaired) electrons. The van der Waals surface area contributed by atoms with Crippen LogP contribution in [-0.2, 0) is 4.74 Å². The molecule has 4 rings (SSSR count). The number of hydrogen-bond acceptors (Lipinski definition) is 6. The van der Waals surface area contributed by atoms with Gasteiger partial charge in [0.1, 0.15) is 11.5 Å². The second kappa shape index (κ2) is 9.62. The predicted octanol–water partition coefficient (Wildman–Crippen LogP) is 1.78. The summed E-state index contributed by atoms with van der Waals surface area (Å²) in [4.78, 5) is 27.9. The molecular formula is C22H27N5O2. The lowest BCUT2D eigenvalue weighted by atomic mass is 10.2. The molecule has 0 unspecified atom stereocenters. The highest BCUT2D eigenvalue weighted by Crippen LogP contribution is 2.13. The van der Waals surface area contributed by atoms with Gasteiger partial charge in [0.2, 0.25) is 0 Å². The first kappa shape index (κ1) is 19.5. The van der Waals surface area contributed by atoms with Gasteiger partial charge in [-0.2, -0.15) is 0 Å². The van der Waals surface area contributed by atoms with E-state index in [1.807, 2.05) is 23.1 Å². The average molecular weight is 393 g/mol. The van der Waals surface area contributed by atoms with Gasteiger partial charge >= 0.3 is 0 Å². The summed E-state index contributed by atoms with van der Waals surface area (Å²) in [5.74, 6) is 0.769. The third kappa shape index (κ3) is 5.19. The van der Waals surface area contributed by atoms with E-state index in [2.05, 4.69) is 44.1 Å². The number of piperazine rings is 1.